The molecular weight excluding hydrogens is 603 g/mol. The van der Waals surface area contributed by atoms with Crippen LogP contribution >= 0.6 is 11.3 Å². The Balaban J connectivity index is 1.18. The molecule has 0 atom stereocenters. The van der Waals surface area contributed by atoms with Gasteiger partial charge in [-0.1, -0.05) is 117 Å². The van der Waals surface area contributed by atoms with Gasteiger partial charge in [-0.2, -0.15) is 0 Å². The number of rotatable bonds is 2. The molecule has 7 aromatic carbocycles. The predicted molar refractivity (Wildman–Crippen MR) is 204 cm³/mol. The van der Waals surface area contributed by atoms with Crippen molar-refractivity contribution in [2.24, 2.45) is 0 Å². The van der Waals surface area contributed by atoms with Crippen LogP contribution < -0.4 is 0 Å². The number of fused-ring (bicyclic) bond motifs is 13. The minimum absolute atomic E-state index is 0.0571. The van der Waals surface area contributed by atoms with Crippen LogP contribution in [0.15, 0.2) is 144 Å². The van der Waals surface area contributed by atoms with Crippen LogP contribution in [-0.4, -0.2) is 4.57 Å². The van der Waals surface area contributed by atoms with Crippen LogP contribution in [0.2, 0.25) is 0 Å². The van der Waals surface area contributed by atoms with Crippen molar-refractivity contribution in [1.82, 2.24) is 4.57 Å². The molecule has 2 nitrogen and oxygen atoms in total. The Bertz CT molecular complexity index is 2990. The molecule has 48 heavy (non-hydrogen) atoms. The number of para-hydroxylation sites is 3. The molecular formula is C45H29NOS. The largest absolute Gasteiger partial charge is 0.455 e. The van der Waals surface area contributed by atoms with E-state index >= 15 is 0 Å². The highest BCUT2D eigenvalue weighted by Gasteiger charge is 2.37. The van der Waals surface area contributed by atoms with Gasteiger partial charge in [-0.25, -0.2) is 0 Å². The number of furan rings is 1. The maximum atomic E-state index is 6.46. The normalized spacial score (nSPS) is 13.8. The van der Waals surface area contributed by atoms with Crippen LogP contribution in [0.4, 0.5) is 0 Å². The van der Waals surface area contributed by atoms with Crippen molar-refractivity contribution < 1.29 is 4.42 Å². The maximum Gasteiger partial charge on any atom is 0.143 e. The van der Waals surface area contributed by atoms with E-state index < -0.39 is 0 Å². The number of hydrogen-bond donors (Lipinski definition) is 0. The summed E-state index contributed by atoms with van der Waals surface area (Å²) in [6, 6.07) is 51.1. The molecule has 226 valence electrons. The molecule has 0 fully saturated rings. The summed E-state index contributed by atoms with van der Waals surface area (Å²) in [4.78, 5) is 0. The van der Waals surface area contributed by atoms with Crippen molar-refractivity contribution in [3.05, 3.63) is 151 Å². The van der Waals surface area contributed by atoms with Gasteiger partial charge in [-0.3, -0.25) is 0 Å². The average molecular weight is 632 g/mol. The molecule has 3 heteroatoms. The van der Waals surface area contributed by atoms with Gasteiger partial charge in [0.1, 0.15) is 11.2 Å². The minimum Gasteiger partial charge on any atom is -0.455 e. The molecule has 0 radical (unpaired) electrons. The van der Waals surface area contributed by atoms with Crippen LogP contribution in [0.5, 0.6) is 0 Å². The first-order valence-electron chi connectivity index (χ1n) is 16.6. The molecule has 1 aliphatic carbocycles. The topological polar surface area (TPSA) is 18.1 Å². The van der Waals surface area contributed by atoms with Gasteiger partial charge in [-0.05, 0) is 64.2 Å². The monoisotopic (exact) mass is 631 g/mol. The van der Waals surface area contributed by atoms with Gasteiger partial charge in [0.05, 0.1) is 16.7 Å². The van der Waals surface area contributed by atoms with E-state index in [4.69, 9.17) is 4.42 Å². The molecule has 10 aromatic rings. The summed E-state index contributed by atoms with van der Waals surface area (Å²) < 4.78 is 11.7. The Labute approximate surface area is 281 Å². The lowest BCUT2D eigenvalue weighted by Crippen LogP contribution is -2.14. The van der Waals surface area contributed by atoms with E-state index in [1.54, 1.807) is 0 Å². The third-order valence-corrected chi connectivity index (χ3v) is 12.0. The molecule has 0 unspecified atom stereocenters. The van der Waals surface area contributed by atoms with E-state index in [0.717, 1.165) is 33.1 Å². The predicted octanol–water partition coefficient (Wildman–Crippen LogP) is 13.0. The molecule has 0 saturated heterocycles. The first-order chi connectivity index (χ1) is 23.6. The van der Waals surface area contributed by atoms with Crippen LogP contribution in [0.3, 0.4) is 0 Å². The van der Waals surface area contributed by atoms with Crippen molar-refractivity contribution in [2.75, 3.05) is 0 Å². The Kier molecular flexibility index (Phi) is 5.09. The lowest BCUT2D eigenvalue weighted by molar-refractivity contribution is 0.667. The van der Waals surface area contributed by atoms with E-state index in [1.165, 1.54) is 69.9 Å². The molecule has 1 aliphatic rings. The highest BCUT2D eigenvalue weighted by molar-refractivity contribution is 7.26. The van der Waals surface area contributed by atoms with Gasteiger partial charge in [0, 0.05) is 52.7 Å². The lowest BCUT2D eigenvalue weighted by Gasteiger charge is -2.22. The third kappa shape index (κ3) is 3.31. The first-order valence-corrected chi connectivity index (χ1v) is 17.4. The van der Waals surface area contributed by atoms with E-state index in [1.807, 2.05) is 17.4 Å². The van der Waals surface area contributed by atoms with Crippen LogP contribution in [0.1, 0.15) is 25.0 Å². The molecule has 0 aliphatic heterocycles. The summed E-state index contributed by atoms with van der Waals surface area (Å²) >= 11 is 1.94. The molecule has 11 rings (SSSR count). The average Bonchev–Trinajstić information content (AvgIpc) is 3.85. The quantitative estimate of drug-likeness (QED) is 0.186. The first kappa shape index (κ1) is 26.4. The van der Waals surface area contributed by atoms with Gasteiger partial charge >= 0.3 is 0 Å². The molecule has 3 aromatic heterocycles. The Morgan fingerprint density at radius 1 is 0.562 bits per heavy atom. The van der Waals surface area contributed by atoms with E-state index in [9.17, 15) is 0 Å². The Hall–Kier alpha value is -5.64. The van der Waals surface area contributed by atoms with Crippen molar-refractivity contribution in [3.63, 3.8) is 0 Å². The summed E-state index contributed by atoms with van der Waals surface area (Å²) in [7, 11) is 0. The molecule has 0 spiro atoms. The molecule has 0 N–H and O–H groups in total. The second-order valence-corrected chi connectivity index (χ2v) is 14.7. The fourth-order valence-electron chi connectivity index (χ4n) is 8.67. The third-order valence-electron chi connectivity index (χ3n) is 10.8. The van der Waals surface area contributed by atoms with Gasteiger partial charge in [-0.15, -0.1) is 11.3 Å². The van der Waals surface area contributed by atoms with Gasteiger partial charge in [0.2, 0.25) is 0 Å². The Morgan fingerprint density at radius 3 is 2.25 bits per heavy atom. The summed E-state index contributed by atoms with van der Waals surface area (Å²) in [5, 5.41) is 7.46. The molecule has 3 heterocycles. The number of nitrogens with zero attached hydrogens (tertiary/aromatic N) is 1. The molecule has 0 amide bonds. The second-order valence-electron chi connectivity index (χ2n) is 13.7. The molecule has 0 bridgehead atoms. The van der Waals surface area contributed by atoms with Gasteiger partial charge < -0.3 is 8.98 Å². The fraction of sp³-hybridized carbons (Fsp3) is 0.0667. The summed E-state index contributed by atoms with van der Waals surface area (Å²) in [6.45, 7) is 4.78. The lowest BCUT2D eigenvalue weighted by atomic mass is 9.82. The van der Waals surface area contributed by atoms with Crippen LogP contribution in [0, 0.1) is 0 Å². The number of thiophene rings is 1. The van der Waals surface area contributed by atoms with Crippen LogP contribution in [-0.2, 0) is 5.41 Å². The highest BCUT2D eigenvalue weighted by Crippen LogP contribution is 2.54. The zero-order valence-electron chi connectivity index (χ0n) is 26.5. The number of hydrogen-bond acceptors (Lipinski definition) is 2. The number of aromatic nitrogens is 1. The van der Waals surface area contributed by atoms with Gasteiger partial charge in [0.25, 0.3) is 0 Å². The summed E-state index contributed by atoms with van der Waals surface area (Å²) in [5.41, 5.74) is 13.3. The summed E-state index contributed by atoms with van der Waals surface area (Å²) in [5.74, 6) is 0. The van der Waals surface area contributed by atoms with E-state index in [-0.39, 0.29) is 5.41 Å². The van der Waals surface area contributed by atoms with Crippen molar-refractivity contribution in [3.8, 4) is 27.9 Å². The van der Waals surface area contributed by atoms with Crippen molar-refractivity contribution >= 4 is 75.3 Å². The Morgan fingerprint density at radius 2 is 1.31 bits per heavy atom. The maximum absolute atomic E-state index is 6.46. The SMILES string of the molecule is CC1(C)c2ccccc2-c2ccc3c(sc4cccc(-n5c6ccccc6c6cc(-c7cccc8c7oc7ccccc78)ccc65)c43)c21. The standard InChI is InChI=1S/C45H29NOS/c1-45(2)35-16-6-3-11-28(35)31-22-23-33-41-38(18-10-20-40(41)48-44(33)42(31)45)46-36-17-7-4-12-29(36)34-25-26(21-24-37(34)46)27-14-9-15-32-30-13-5-8-19-39(30)47-43(27)32/h3-25H,1-2H3. The van der Waals surface area contributed by atoms with Crippen molar-refractivity contribution in [1.29, 1.82) is 0 Å². The minimum atomic E-state index is -0.0571. The van der Waals surface area contributed by atoms with Gasteiger partial charge in [0.15, 0.2) is 0 Å². The van der Waals surface area contributed by atoms with E-state index in [2.05, 4.69) is 152 Å². The van der Waals surface area contributed by atoms with E-state index in [0.29, 0.717) is 0 Å². The van der Waals surface area contributed by atoms with Crippen LogP contribution in [0.25, 0.3) is 91.9 Å². The fourth-order valence-corrected chi connectivity index (χ4v) is 10.1. The second kappa shape index (κ2) is 9.25. The zero-order valence-corrected chi connectivity index (χ0v) is 27.4. The molecule has 0 saturated carbocycles. The smallest absolute Gasteiger partial charge is 0.143 e. The number of benzene rings is 7. The highest BCUT2D eigenvalue weighted by atomic mass is 32.1. The summed E-state index contributed by atoms with van der Waals surface area (Å²) in [6.07, 6.45) is 0. The van der Waals surface area contributed by atoms with Crippen molar-refractivity contribution in [2.45, 2.75) is 19.3 Å². The zero-order chi connectivity index (χ0) is 31.7.